The van der Waals surface area contributed by atoms with E-state index < -0.39 is 16.1 Å². The molecule has 0 fully saturated rings. The zero-order valence-electron chi connectivity index (χ0n) is 9.68. The molecule has 0 aromatic carbocycles. The Morgan fingerprint density at radius 3 is 2.59 bits per heavy atom. The van der Waals surface area contributed by atoms with Crippen LogP contribution in [-0.2, 0) is 10.0 Å². The fourth-order valence-corrected chi connectivity index (χ4v) is 4.15. The van der Waals surface area contributed by atoms with Crippen LogP contribution in [-0.4, -0.2) is 26.2 Å². The second kappa shape index (κ2) is 6.15. The number of rotatable bonds is 6. The van der Waals surface area contributed by atoms with E-state index in [-0.39, 0.29) is 16.7 Å². The molecule has 0 aliphatic carbocycles. The topological polar surface area (TPSA) is 66.4 Å². The standard InChI is InChI=1S/C10H16ClNO3S2/c1-3-7(2)8(6-13)12-17(14,15)10-5-4-9(11)16-10/h4-5,7-8,12-13H,3,6H2,1-2H3/t7-,8-/m1/s1. The van der Waals surface area contributed by atoms with E-state index in [1.165, 1.54) is 12.1 Å². The summed E-state index contributed by atoms with van der Waals surface area (Å²) in [5.41, 5.74) is 0. The number of halogens is 1. The third-order valence-electron chi connectivity index (χ3n) is 2.65. The molecule has 1 heterocycles. The molecular weight excluding hydrogens is 282 g/mol. The van der Waals surface area contributed by atoms with E-state index in [2.05, 4.69) is 4.72 Å². The molecule has 0 saturated heterocycles. The minimum absolute atomic E-state index is 0.0743. The van der Waals surface area contributed by atoms with Crippen LogP contribution in [0.1, 0.15) is 20.3 Å². The summed E-state index contributed by atoms with van der Waals surface area (Å²) in [5.74, 6) is 0.0743. The lowest BCUT2D eigenvalue weighted by Crippen LogP contribution is -2.41. The summed E-state index contributed by atoms with van der Waals surface area (Å²) in [4.78, 5) is 0. The Bertz CT molecular complexity index is 458. The van der Waals surface area contributed by atoms with Crippen LogP contribution in [0.15, 0.2) is 16.3 Å². The van der Waals surface area contributed by atoms with Crippen molar-refractivity contribution in [3.05, 3.63) is 16.5 Å². The Labute approximate surface area is 111 Å². The first-order valence-electron chi connectivity index (χ1n) is 5.29. The Morgan fingerprint density at radius 2 is 2.18 bits per heavy atom. The second-order valence-electron chi connectivity index (χ2n) is 3.85. The smallest absolute Gasteiger partial charge is 0.250 e. The van der Waals surface area contributed by atoms with Gasteiger partial charge in [-0.1, -0.05) is 31.9 Å². The molecule has 2 atom stereocenters. The first-order chi connectivity index (χ1) is 7.90. The zero-order chi connectivity index (χ0) is 13.1. The first-order valence-corrected chi connectivity index (χ1v) is 7.97. The summed E-state index contributed by atoms with van der Waals surface area (Å²) >= 11 is 6.70. The molecule has 1 rings (SSSR count). The predicted molar refractivity (Wildman–Crippen MR) is 70.0 cm³/mol. The van der Waals surface area contributed by atoms with Crippen molar-refractivity contribution in [2.75, 3.05) is 6.61 Å². The molecule has 0 saturated carbocycles. The maximum atomic E-state index is 12.0. The van der Waals surface area contributed by atoms with E-state index in [1.54, 1.807) is 0 Å². The third-order valence-corrected chi connectivity index (χ3v) is 5.86. The Kier molecular flexibility index (Phi) is 5.40. The van der Waals surface area contributed by atoms with Gasteiger partial charge in [0.15, 0.2) is 0 Å². The Morgan fingerprint density at radius 1 is 1.53 bits per heavy atom. The van der Waals surface area contributed by atoms with Crippen molar-refractivity contribution in [3.63, 3.8) is 0 Å². The Balaban J connectivity index is 2.85. The van der Waals surface area contributed by atoms with Crippen molar-refractivity contribution in [1.29, 1.82) is 0 Å². The Hall–Kier alpha value is -0.140. The zero-order valence-corrected chi connectivity index (χ0v) is 12.1. The van der Waals surface area contributed by atoms with E-state index in [0.717, 1.165) is 17.8 Å². The van der Waals surface area contributed by atoms with Crippen LogP contribution in [0, 0.1) is 5.92 Å². The summed E-state index contributed by atoms with van der Waals surface area (Å²) in [6.45, 7) is 3.63. The maximum Gasteiger partial charge on any atom is 0.250 e. The lowest BCUT2D eigenvalue weighted by atomic mass is 10.0. The molecule has 2 N–H and O–H groups in total. The molecule has 0 bridgehead atoms. The van der Waals surface area contributed by atoms with Crippen LogP contribution < -0.4 is 4.72 Å². The van der Waals surface area contributed by atoms with Crippen LogP contribution in [0.25, 0.3) is 0 Å². The fraction of sp³-hybridized carbons (Fsp3) is 0.600. The first kappa shape index (κ1) is 14.9. The molecule has 4 nitrogen and oxygen atoms in total. The lowest BCUT2D eigenvalue weighted by molar-refractivity contribution is 0.219. The third kappa shape index (κ3) is 3.93. The minimum atomic E-state index is -3.58. The SMILES string of the molecule is CC[C@@H](C)[C@@H](CO)NS(=O)(=O)c1ccc(Cl)s1. The van der Waals surface area contributed by atoms with E-state index in [4.69, 9.17) is 11.6 Å². The normalized spacial score (nSPS) is 15.8. The van der Waals surface area contributed by atoms with Gasteiger partial charge in [0.2, 0.25) is 10.0 Å². The highest BCUT2D eigenvalue weighted by atomic mass is 35.5. The maximum absolute atomic E-state index is 12.0. The fourth-order valence-electron chi connectivity index (χ4n) is 1.32. The van der Waals surface area contributed by atoms with E-state index in [9.17, 15) is 13.5 Å². The van der Waals surface area contributed by atoms with E-state index in [1.807, 2.05) is 13.8 Å². The van der Waals surface area contributed by atoms with Gasteiger partial charge in [-0.2, -0.15) is 0 Å². The van der Waals surface area contributed by atoms with Gasteiger partial charge in [0.1, 0.15) is 4.21 Å². The molecule has 0 radical (unpaired) electrons. The van der Waals surface area contributed by atoms with Crippen molar-refractivity contribution < 1.29 is 13.5 Å². The van der Waals surface area contributed by atoms with Crippen LogP contribution >= 0.6 is 22.9 Å². The van der Waals surface area contributed by atoms with Crippen molar-refractivity contribution >= 4 is 33.0 Å². The molecule has 17 heavy (non-hydrogen) atoms. The largest absolute Gasteiger partial charge is 0.395 e. The van der Waals surface area contributed by atoms with Gasteiger partial charge in [-0.05, 0) is 18.1 Å². The molecule has 1 aromatic rings. The number of nitrogens with one attached hydrogen (secondary N) is 1. The van der Waals surface area contributed by atoms with Crippen molar-refractivity contribution in [1.82, 2.24) is 4.72 Å². The number of aliphatic hydroxyl groups excluding tert-OH is 1. The van der Waals surface area contributed by atoms with Gasteiger partial charge < -0.3 is 5.11 Å². The molecule has 0 unspecified atom stereocenters. The lowest BCUT2D eigenvalue weighted by Gasteiger charge is -2.21. The number of thiophene rings is 1. The molecule has 1 aromatic heterocycles. The average Bonchev–Trinajstić information content (AvgIpc) is 2.72. The van der Waals surface area contributed by atoms with Crippen molar-refractivity contribution in [2.24, 2.45) is 5.92 Å². The molecule has 0 amide bonds. The van der Waals surface area contributed by atoms with Crippen molar-refractivity contribution in [3.8, 4) is 0 Å². The number of aliphatic hydroxyl groups is 1. The summed E-state index contributed by atoms with van der Waals surface area (Å²) in [6, 6.07) is 2.53. The number of hydrogen-bond acceptors (Lipinski definition) is 4. The van der Waals surface area contributed by atoms with Gasteiger partial charge in [0.25, 0.3) is 0 Å². The average molecular weight is 298 g/mol. The summed E-state index contributed by atoms with van der Waals surface area (Å²) in [5, 5.41) is 9.19. The van der Waals surface area contributed by atoms with Crippen LogP contribution in [0.4, 0.5) is 0 Å². The van der Waals surface area contributed by atoms with Gasteiger partial charge in [-0.15, -0.1) is 11.3 Å². The summed E-state index contributed by atoms with van der Waals surface area (Å²) in [6.07, 6.45) is 0.791. The molecule has 0 aliphatic heterocycles. The molecule has 0 aliphatic rings. The van der Waals surface area contributed by atoms with Crippen LogP contribution in [0.3, 0.4) is 0 Å². The van der Waals surface area contributed by atoms with Gasteiger partial charge in [-0.25, -0.2) is 13.1 Å². The van der Waals surface area contributed by atoms with Gasteiger partial charge in [0, 0.05) is 6.04 Å². The van der Waals surface area contributed by atoms with Gasteiger partial charge in [0.05, 0.1) is 10.9 Å². The van der Waals surface area contributed by atoms with Crippen LogP contribution in [0.2, 0.25) is 4.34 Å². The molecule has 7 heteroatoms. The highest BCUT2D eigenvalue weighted by Gasteiger charge is 2.24. The quantitative estimate of drug-likeness (QED) is 0.845. The van der Waals surface area contributed by atoms with Crippen molar-refractivity contribution in [2.45, 2.75) is 30.5 Å². The molecule has 98 valence electrons. The monoisotopic (exact) mass is 297 g/mol. The van der Waals surface area contributed by atoms with E-state index >= 15 is 0 Å². The number of hydrogen-bond donors (Lipinski definition) is 2. The molecule has 0 spiro atoms. The van der Waals surface area contributed by atoms with E-state index in [0.29, 0.717) is 4.34 Å². The molecular formula is C10H16ClNO3S2. The number of sulfonamides is 1. The highest BCUT2D eigenvalue weighted by Crippen LogP contribution is 2.26. The van der Waals surface area contributed by atoms with Crippen LogP contribution in [0.5, 0.6) is 0 Å². The summed E-state index contributed by atoms with van der Waals surface area (Å²) < 4.78 is 27.0. The summed E-state index contributed by atoms with van der Waals surface area (Å²) in [7, 11) is -3.58. The highest BCUT2D eigenvalue weighted by molar-refractivity contribution is 7.91. The van der Waals surface area contributed by atoms with Gasteiger partial charge in [-0.3, -0.25) is 0 Å². The van der Waals surface area contributed by atoms with Gasteiger partial charge >= 0.3 is 0 Å². The predicted octanol–water partition coefficient (Wildman–Crippen LogP) is 2.09. The second-order valence-corrected chi connectivity index (χ2v) is 7.51. The minimum Gasteiger partial charge on any atom is -0.395 e.